The number of carbonyl (C=O) groups is 2. The highest BCUT2D eigenvalue weighted by atomic mass is 79.9. The van der Waals surface area contributed by atoms with Gasteiger partial charge in [-0.2, -0.15) is 0 Å². The van der Waals surface area contributed by atoms with E-state index in [1.807, 2.05) is 87.5 Å². The van der Waals surface area contributed by atoms with Crippen LogP contribution in [0.25, 0.3) is 0 Å². The van der Waals surface area contributed by atoms with Gasteiger partial charge in [-0.1, -0.05) is 95.7 Å². The first-order chi connectivity index (χ1) is 21.1. The lowest BCUT2D eigenvalue weighted by Crippen LogP contribution is -2.54. The van der Waals surface area contributed by atoms with Crippen molar-refractivity contribution in [1.29, 1.82) is 0 Å². The van der Waals surface area contributed by atoms with Crippen LogP contribution in [-0.2, 0) is 39.0 Å². The third-order valence-electron chi connectivity index (χ3n) is 7.19. The molecule has 0 bridgehead atoms. The molecule has 0 saturated heterocycles. The molecule has 1 N–H and O–H groups in total. The Bertz CT molecular complexity index is 1650. The van der Waals surface area contributed by atoms with Crippen LogP contribution in [0, 0.1) is 0 Å². The van der Waals surface area contributed by atoms with Crippen molar-refractivity contribution >= 4 is 43.5 Å². The maximum atomic E-state index is 14.5. The molecule has 7 nitrogen and oxygen atoms in total. The summed E-state index contributed by atoms with van der Waals surface area (Å²) in [7, 11) is -4.13. The van der Waals surface area contributed by atoms with Gasteiger partial charge in [0, 0.05) is 23.5 Å². The molecule has 4 rings (SSSR count). The first kappa shape index (κ1) is 33.0. The number of benzene rings is 4. The lowest BCUT2D eigenvalue weighted by molar-refractivity contribution is -0.140. The Morgan fingerprint density at radius 3 is 2.00 bits per heavy atom. The largest absolute Gasteiger partial charge is 0.352 e. The fraction of sp³-hybridized carbons (Fsp3) is 0.257. The van der Waals surface area contributed by atoms with Crippen LogP contribution in [0.15, 0.2) is 119 Å². The van der Waals surface area contributed by atoms with Gasteiger partial charge in [-0.25, -0.2) is 8.42 Å². The summed E-state index contributed by atoms with van der Waals surface area (Å²) in [6, 6.07) is 31.2. The first-order valence-corrected chi connectivity index (χ1v) is 16.9. The van der Waals surface area contributed by atoms with E-state index in [0.29, 0.717) is 5.69 Å². The highest BCUT2D eigenvalue weighted by Crippen LogP contribution is 2.26. The van der Waals surface area contributed by atoms with Crippen molar-refractivity contribution in [3.05, 3.63) is 130 Å². The summed E-state index contributed by atoms with van der Waals surface area (Å²) >= 11 is 3.51. The van der Waals surface area contributed by atoms with Gasteiger partial charge < -0.3 is 10.2 Å². The molecule has 0 aliphatic carbocycles. The van der Waals surface area contributed by atoms with E-state index in [1.54, 1.807) is 30.3 Å². The van der Waals surface area contributed by atoms with Crippen molar-refractivity contribution in [2.24, 2.45) is 0 Å². The van der Waals surface area contributed by atoms with E-state index in [9.17, 15) is 18.0 Å². The molecule has 0 aliphatic heterocycles. The normalized spacial score (nSPS) is 12.0. The second-order valence-electron chi connectivity index (χ2n) is 10.9. The lowest BCUT2D eigenvalue weighted by atomic mass is 10.0. The van der Waals surface area contributed by atoms with Gasteiger partial charge in [0.2, 0.25) is 11.8 Å². The number of sulfonamides is 1. The van der Waals surface area contributed by atoms with Crippen LogP contribution in [0.5, 0.6) is 0 Å². The minimum atomic E-state index is -4.13. The van der Waals surface area contributed by atoms with E-state index in [2.05, 4.69) is 21.2 Å². The second-order valence-corrected chi connectivity index (χ2v) is 13.6. The zero-order chi connectivity index (χ0) is 31.7. The number of hydrogen-bond donors (Lipinski definition) is 1. The van der Waals surface area contributed by atoms with Crippen LogP contribution in [0.3, 0.4) is 0 Å². The monoisotopic (exact) mass is 675 g/mol. The molecule has 0 aromatic heterocycles. The Morgan fingerprint density at radius 1 is 0.795 bits per heavy atom. The average molecular weight is 677 g/mol. The molecular weight excluding hydrogens is 638 g/mol. The van der Waals surface area contributed by atoms with Gasteiger partial charge in [0.1, 0.15) is 12.6 Å². The summed E-state index contributed by atoms with van der Waals surface area (Å²) in [5.41, 5.74) is 3.09. The van der Waals surface area contributed by atoms with E-state index >= 15 is 0 Å². The number of anilines is 1. The fourth-order valence-corrected chi connectivity index (χ4v) is 6.79. The number of amides is 2. The topological polar surface area (TPSA) is 86.8 Å². The summed E-state index contributed by atoms with van der Waals surface area (Å²) in [5.74, 6) is -0.805. The standard InChI is InChI=1S/C35H38BrN3O4S/c1-4-27-18-20-31(21-19-27)39(44(42,43)32-16-9-6-10-17-32)25-34(40)38(24-29-14-11-15-30(36)22-29)33(35(41)37-26(2)3)23-28-12-7-5-8-13-28/h5-22,26,33H,4,23-25H2,1-3H3,(H,37,41)/t33-/m1/s1. The smallest absolute Gasteiger partial charge is 0.264 e. The molecule has 0 spiro atoms. The van der Waals surface area contributed by atoms with E-state index in [1.165, 1.54) is 17.0 Å². The van der Waals surface area contributed by atoms with Crippen molar-refractivity contribution in [2.75, 3.05) is 10.8 Å². The lowest BCUT2D eigenvalue weighted by Gasteiger charge is -2.34. The molecule has 4 aromatic rings. The van der Waals surface area contributed by atoms with Gasteiger partial charge in [0.05, 0.1) is 10.6 Å². The van der Waals surface area contributed by atoms with Crippen LogP contribution in [0.1, 0.15) is 37.5 Å². The zero-order valence-corrected chi connectivity index (χ0v) is 27.6. The fourth-order valence-electron chi connectivity index (χ4n) is 4.91. The molecular formula is C35H38BrN3O4S. The molecule has 44 heavy (non-hydrogen) atoms. The third kappa shape index (κ3) is 8.57. The number of rotatable bonds is 13. The molecule has 0 aliphatic rings. The Morgan fingerprint density at radius 2 is 1.41 bits per heavy atom. The number of carbonyl (C=O) groups excluding carboxylic acids is 2. The maximum absolute atomic E-state index is 14.5. The molecule has 0 heterocycles. The SMILES string of the molecule is CCc1ccc(N(CC(=O)N(Cc2cccc(Br)c2)[C@H](Cc2ccccc2)C(=O)NC(C)C)S(=O)(=O)c2ccccc2)cc1. The number of nitrogens with zero attached hydrogens (tertiary/aromatic N) is 2. The van der Waals surface area contributed by atoms with Gasteiger partial charge in [0.15, 0.2) is 0 Å². The molecule has 1 atom stereocenters. The maximum Gasteiger partial charge on any atom is 0.264 e. The Hall–Kier alpha value is -3.95. The van der Waals surface area contributed by atoms with E-state index < -0.39 is 28.5 Å². The second kappa shape index (κ2) is 15.2. The van der Waals surface area contributed by atoms with E-state index in [0.717, 1.165) is 31.9 Å². The van der Waals surface area contributed by atoms with Crippen LogP contribution in [-0.4, -0.2) is 43.8 Å². The summed E-state index contributed by atoms with van der Waals surface area (Å²) in [6.07, 6.45) is 1.05. The Kier molecular flexibility index (Phi) is 11.4. The van der Waals surface area contributed by atoms with Crippen LogP contribution in [0.2, 0.25) is 0 Å². The molecule has 0 fully saturated rings. The van der Waals surface area contributed by atoms with Crippen LogP contribution >= 0.6 is 15.9 Å². The van der Waals surface area contributed by atoms with E-state index in [-0.39, 0.29) is 29.8 Å². The van der Waals surface area contributed by atoms with Crippen LogP contribution in [0.4, 0.5) is 5.69 Å². The quantitative estimate of drug-likeness (QED) is 0.178. The van der Waals surface area contributed by atoms with E-state index in [4.69, 9.17) is 0 Å². The summed E-state index contributed by atoms with van der Waals surface area (Å²) in [5, 5.41) is 2.98. The predicted octanol–water partition coefficient (Wildman–Crippen LogP) is 6.37. The van der Waals surface area contributed by atoms with Crippen molar-refractivity contribution in [2.45, 2.75) is 57.1 Å². The summed E-state index contributed by atoms with van der Waals surface area (Å²) in [6.45, 7) is 5.37. The number of halogens is 1. The van der Waals surface area contributed by atoms with Gasteiger partial charge in [0.25, 0.3) is 10.0 Å². The third-order valence-corrected chi connectivity index (χ3v) is 9.47. The number of aryl methyl sites for hydroxylation is 1. The Labute approximate surface area is 269 Å². The summed E-state index contributed by atoms with van der Waals surface area (Å²) in [4.78, 5) is 29.8. The first-order valence-electron chi connectivity index (χ1n) is 14.6. The van der Waals surface area contributed by atoms with Crippen molar-refractivity contribution in [3.63, 3.8) is 0 Å². The minimum Gasteiger partial charge on any atom is -0.352 e. The average Bonchev–Trinajstić information content (AvgIpc) is 3.02. The molecule has 0 unspecified atom stereocenters. The van der Waals surface area contributed by atoms with Gasteiger partial charge in [-0.05, 0) is 73.4 Å². The molecule has 230 valence electrons. The zero-order valence-electron chi connectivity index (χ0n) is 25.2. The highest BCUT2D eigenvalue weighted by Gasteiger charge is 2.34. The molecule has 4 aromatic carbocycles. The molecule has 2 amide bonds. The van der Waals surface area contributed by atoms with Crippen molar-refractivity contribution in [3.8, 4) is 0 Å². The minimum absolute atomic E-state index is 0.0734. The van der Waals surface area contributed by atoms with Crippen LogP contribution < -0.4 is 9.62 Å². The van der Waals surface area contributed by atoms with Gasteiger partial charge >= 0.3 is 0 Å². The highest BCUT2D eigenvalue weighted by molar-refractivity contribution is 9.10. The van der Waals surface area contributed by atoms with Crippen molar-refractivity contribution < 1.29 is 18.0 Å². The van der Waals surface area contributed by atoms with Gasteiger partial charge in [-0.15, -0.1) is 0 Å². The summed E-state index contributed by atoms with van der Waals surface area (Å²) < 4.78 is 30.1. The Balaban J connectivity index is 1.80. The van der Waals surface area contributed by atoms with Crippen molar-refractivity contribution in [1.82, 2.24) is 10.2 Å². The number of nitrogens with one attached hydrogen (secondary N) is 1. The molecule has 9 heteroatoms. The predicted molar refractivity (Wildman–Crippen MR) is 179 cm³/mol. The molecule has 0 radical (unpaired) electrons. The van der Waals surface area contributed by atoms with Gasteiger partial charge in [-0.3, -0.25) is 13.9 Å². The molecule has 0 saturated carbocycles. The number of hydrogen-bond acceptors (Lipinski definition) is 4.